The summed E-state index contributed by atoms with van der Waals surface area (Å²) < 4.78 is 19.0. The zero-order valence-corrected chi connectivity index (χ0v) is 16.8. The van der Waals surface area contributed by atoms with Gasteiger partial charge in [0.1, 0.15) is 21.8 Å². The molecule has 0 spiro atoms. The molecule has 0 bridgehead atoms. The number of halogens is 2. The Hall–Kier alpha value is -2.28. The van der Waals surface area contributed by atoms with E-state index >= 15 is 0 Å². The Labute approximate surface area is 171 Å². The maximum absolute atomic E-state index is 13.2. The van der Waals surface area contributed by atoms with Crippen molar-refractivity contribution < 1.29 is 13.9 Å². The Balaban J connectivity index is 1.55. The summed E-state index contributed by atoms with van der Waals surface area (Å²) >= 11 is 7.44. The summed E-state index contributed by atoms with van der Waals surface area (Å²) in [6.45, 7) is 3.22. The van der Waals surface area contributed by atoms with Crippen LogP contribution in [0.2, 0.25) is 5.02 Å². The average Bonchev–Trinajstić information content (AvgIpc) is 3.10. The molecule has 144 valence electrons. The Bertz CT molecular complexity index is 1010. The molecule has 2 heterocycles. The Kier molecular flexibility index (Phi) is 5.44. The smallest absolute Gasteiger partial charge is 0.266 e. The van der Waals surface area contributed by atoms with E-state index in [2.05, 4.69) is 4.98 Å². The molecule has 0 radical (unpaired) electrons. The number of carbonyl (C=O) groups excluding carboxylic acids is 1. The molecule has 4 nitrogen and oxygen atoms in total. The van der Waals surface area contributed by atoms with Crippen LogP contribution >= 0.6 is 22.9 Å². The number of thiazole rings is 1. The van der Waals surface area contributed by atoms with Gasteiger partial charge in [-0.15, -0.1) is 11.3 Å². The van der Waals surface area contributed by atoms with Crippen molar-refractivity contribution in [1.29, 1.82) is 0 Å². The third-order valence-electron chi connectivity index (χ3n) is 4.66. The molecule has 0 saturated carbocycles. The van der Waals surface area contributed by atoms with Crippen LogP contribution in [-0.2, 0) is 4.74 Å². The van der Waals surface area contributed by atoms with Crippen molar-refractivity contribution in [2.45, 2.75) is 13.0 Å². The van der Waals surface area contributed by atoms with Gasteiger partial charge in [-0.2, -0.15) is 0 Å². The number of carbonyl (C=O) groups is 1. The van der Waals surface area contributed by atoms with E-state index in [4.69, 9.17) is 16.3 Å². The minimum Gasteiger partial charge on any atom is -0.370 e. The van der Waals surface area contributed by atoms with Gasteiger partial charge in [0.05, 0.1) is 18.8 Å². The van der Waals surface area contributed by atoms with Crippen molar-refractivity contribution >= 4 is 28.8 Å². The molecule has 1 atom stereocenters. The van der Waals surface area contributed by atoms with Crippen LogP contribution in [0, 0.1) is 12.7 Å². The predicted molar refractivity (Wildman–Crippen MR) is 108 cm³/mol. The monoisotopic (exact) mass is 416 g/mol. The van der Waals surface area contributed by atoms with Crippen molar-refractivity contribution in [3.8, 4) is 10.6 Å². The molecule has 1 saturated heterocycles. The first-order valence-electron chi connectivity index (χ1n) is 8.91. The lowest BCUT2D eigenvalue weighted by Gasteiger charge is -2.33. The third kappa shape index (κ3) is 3.94. The molecule has 1 unspecified atom stereocenters. The van der Waals surface area contributed by atoms with E-state index in [9.17, 15) is 9.18 Å². The zero-order chi connectivity index (χ0) is 19.7. The topological polar surface area (TPSA) is 42.4 Å². The standard InChI is InChI=1S/C21H18ClFN2O2S/c1-13-19(28-20(24-13)15-3-2-4-16(22)11-15)21(26)25-9-10-27-18(12-25)14-5-7-17(23)8-6-14/h2-8,11,18H,9-10,12H2,1H3. The second-order valence-corrected chi connectivity index (χ2v) is 8.04. The number of aryl methyl sites for hydroxylation is 1. The fraction of sp³-hybridized carbons (Fsp3) is 0.238. The molecule has 2 aromatic carbocycles. The Morgan fingerprint density at radius 2 is 2.07 bits per heavy atom. The number of amides is 1. The number of benzene rings is 2. The van der Waals surface area contributed by atoms with Crippen LogP contribution in [-0.4, -0.2) is 35.5 Å². The lowest BCUT2D eigenvalue weighted by molar-refractivity contribution is -0.0227. The van der Waals surface area contributed by atoms with Gasteiger partial charge in [0.2, 0.25) is 0 Å². The molecule has 1 fully saturated rings. The first kappa shape index (κ1) is 19.1. The van der Waals surface area contributed by atoms with Gasteiger partial charge in [0.25, 0.3) is 5.91 Å². The fourth-order valence-corrected chi connectivity index (χ4v) is 4.42. The van der Waals surface area contributed by atoms with Crippen LogP contribution in [0.3, 0.4) is 0 Å². The summed E-state index contributed by atoms with van der Waals surface area (Å²) in [5.74, 6) is -0.347. The number of aromatic nitrogens is 1. The Morgan fingerprint density at radius 3 is 2.82 bits per heavy atom. The van der Waals surface area contributed by atoms with E-state index in [-0.39, 0.29) is 17.8 Å². The van der Waals surface area contributed by atoms with Crippen molar-refractivity contribution in [3.63, 3.8) is 0 Å². The first-order valence-corrected chi connectivity index (χ1v) is 10.1. The van der Waals surface area contributed by atoms with Gasteiger partial charge in [-0.1, -0.05) is 35.9 Å². The van der Waals surface area contributed by atoms with Crippen LogP contribution in [0.4, 0.5) is 4.39 Å². The van der Waals surface area contributed by atoms with E-state index in [0.29, 0.717) is 35.3 Å². The number of nitrogens with zero attached hydrogens (tertiary/aromatic N) is 2. The molecule has 7 heteroatoms. The molecule has 1 amide bonds. The fourth-order valence-electron chi connectivity index (χ4n) is 3.20. The molecular weight excluding hydrogens is 399 g/mol. The summed E-state index contributed by atoms with van der Waals surface area (Å²) in [5, 5.41) is 1.40. The molecule has 1 aliphatic heterocycles. The Morgan fingerprint density at radius 1 is 1.29 bits per heavy atom. The lowest BCUT2D eigenvalue weighted by Crippen LogP contribution is -2.42. The highest BCUT2D eigenvalue weighted by Crippen LogP contribution is 2.31. The van der Waals surface area contributed by atoms with E-state index < -0.39 is 0 Å². The molecule has 4 rings (SSSR count). The van der Waals surface area contributed by atoms with Gasteiger partial charge in [-0.05, 0) is 36.8 Å². The van der Waals surface area contributed by atoms with Crippen LogP contribution in [0.5, 0.6) is 0 Å². The van der Waals surface area contributed by atoms with Crippen LogP contribution in [0.15, 0.2) is 48.5 Å². The van der Waals surface area contributed by atoms with E-state index in [1.165, 1.54) is 23.5 Å². The second kappa shape index (κ2) is 7.99. The van der Waals surface area contributed by atoms with Gasteiger partial charge in [0, 0.05) is 17.1 Å². The van der Waals surface area contributed by atoms with E-state index in [1.807, 2.05) is 25.1 Å². The molecular formula is C21H18ClFN2O2S. The van der Waals surface area contributed by atoms with E-state index in [0.717, 1.165) is 16.1 Å². The van der Waals surface area contributed by atoms with Gasteiger partial charge < -0.3 is 9.64 Å². The van der Waals surface area contributed by atoms with Gasteiger partial charge in [-0.25, -0.2) is 9.37 Å². The highest BCUT2D eigenvalue weighted by molar-refractivity contribution is 7.17. The predicted octanol–water partition coefficient (Wildman–Crippen LogP) is 5.12. The number of hydrogen-bond donors (Lipinski definition) is 0. The molecule has 3 aromatic rings. The maximum Gasteiger partial charge on any atom is 0.266 e. The summed E-state index contributed by atoms with van der Waals surface area (Å²) in [4.78, 5) is 20.1. The van der Waals surface area contributed by atoms with Crippen molar-refractivity contribution in [1.82, 2.24) is 9.88 Å². The van der Waals surface area contributed by atoms with Crippen molar-refractivity contribution in [2.24, 2.45) is 0 Å². The van der Waals surface area contributed by atoms with E-state index in [1.54, 1.807) is 23.1 Å². The first-order chi connectivity index (χ1) is 13.5. The molecule has 0 N–H and O–H groups in total. The van der Waals surface area contributed by atoms with Crippen LogP contribution in [0.25, 0.3) is 10.6 Å². The minimum absolute atomic E-state index is 0.0568. The summed E-state index contributed by atoms with van der Waals surface area (Å²) in [5.41, 5.74) is 2.46. The average molecular weight is 417 g/mol. The van der Waals surface area contributed by atoms with Gasteiger partial charge in [-0.3, -0.25) is 4.79 Å². The SMILES string of the molecule is Cc1nc(-c2cccc(Cl)c2)sc1C(=O)N1CCOC(c2ccc(F)cc2)C1. The highest BCUT2D eigenvalue weighted by Gasteiger charge is 2.28. The molecule has 0 aliphatic carbocycles. The number of rotatable bonds is 3. The highest BCUT2D eigenvalue weighted by atomic mass is 35.5. The van der Waals surface area contributed by atoms with Gasteiger partial charge >= 0.3 is 0 Å². The lowest BCUT2D eigenvalue weighted by atomic mass is 10.1. The summed E-state index contributed by atoms with van der Waals surface area (Å²) in [6, 6.07) is 13.7. The quantitative estimate of drug-likeness (QED) is 0.594. The van der Waals surface area contributed by atoms with Crippen molar-refractivity contribution in [3.05, 3.63) is 75.5 Å². The van der Waals surface area contributed by atoms with Gasteiger partial charge in [0.15, 0.2) is 0 Å². The van der Waals surface area contributed by atoms with Crippen LogP contribution < -0.4 is 0 Å². The van der Waals surface area contributed by atoms with Crippen LogP contribution in [0.1, 0.15) is 27.0 Å². The molecule has 28 heavy (non-hydrogen) atoms. The number of hydrogen-bond acceptors (Lipinski definition) is 4. The third-order valence-corrected chi connectivity index (χ3v) is 6.09. The van der Waals surface area contributed by atoms with Crippen molar-refractivity contribution in [2.75, 3.05) is 19.7 Å². The summed E-state index contributed by atoms with van der Waals surface area (Å²) in [7, 11) is 0. The normalized spacial score (nSPS) is 17.0. The molecule has 1 aromatic heterocycles. The second-order valence-electron chi connectivity index (χ2n) is 6.61. The minimum atomic E-state index is -0.290. The number of ether oxygens (including phenoxy) is 1. The summed E-state index contributed by atoms with van der Waals surface area (Å²) in [6.07, 6.45) is -0.265. The molecule has 1 aliphatic rings. The number of morpholine rings is 1. The zero-order valence-electron chi connectivity index (χ0n) is 15.2. The largest absolute Gasteiger partial charge is 0.370 e. The maximum atomic E-state index is 13.2.